The van der Waals surface area contributed by atoms with E-state index in [-0.39, 0.29) is 18.8 Å². The molecule has 104 valence electrons. The van der Waals surface area contributed by atoms with Crippen LogP contribution in [0.1, 0.15) is 29.7 Å². The van der Waals surface area contributed by atoms with Gasteiger partial charge in [-0.05, 0) is 11.6 Å². The van der Waals surface area contributed by atoms with Crippen molar-refractivity contribution >= 4 is 0 Å². The molecule has 2 atom stereocenters. The third-order valence-corrected chi connectivity index (χ3v) is 3.69. The van der Waals surface area contributed by atoms with Crippen LogP contribution in [-0.2, 0) is 0 Å². The average molecular weight is 269 g/mol. The summed E-state index contributed by atoms with van der Waals surface area (Å²) in [6, 6.07) is 18.6. The molecule has 0 fully saturated rings. The molecule has 0 unspecified atom stereocenters. The highest BCUT2D eigenvalue weighted by Crippen LogP contribution is 2.40. The number of aliphatic hydroxyl groups excluding tert-OH is 1. The molecule has 2 aromatic rings. The Morgan fingerprint density at radius 1 is 1.05 bits per heavy atom. The molecule has 0 saturated heterocycles. The normalized spacial score (nSPS) is 21.1. The van der Waals surface area contributed by atoms with Gasteiger partial charge in [-0.1, -0.05) is 48.5 Å². The monoisotopic (exact) mass is 269 g/mol. The molecule has 0 radical (unpaired) electrons. The highest BCUT2D eigenvalue weighted by Gasteiger charge is 2.28. The standard InChI is InChI=1S/C17H19NO2/c19-11-10-18-15-12-17(13-6-2-1-3-7-13)20-16-9-5-4-8-14(15)16/h1-9,15,17-19H,10-12H2/t15-,17+/m0/s1. The first-order valence-electron chi connectivity index (χ1n) is 7.03. The lowest BCUT2D eigenvalue weighted by Gasteiger charge is -2.33. The van der Waals surface area contributed by atoms with E-state index < -0.39 is 0 Å². The van der Waals surface area contributed by atoms with E-state index in [0.29, 0.717) is 6.54 Å². The summed E-state index contributed by atoms with van der Waals surface area (Å²) in [6.07, 6.45) is 0.934. The van der Waals surface area contributed by atoms with Gasteiger partial charge in [-0.15, -0.1) is 0 Å². The van der Waals surface area contributed by atoms with Gasteiger partial charge in [0.15, 0.2) is 0 Å². The molecule has 3 heteroatoms. The van der Waals surface area contributed by atoms with Gasteiger partial charge in [-0.25, -0.2) is 0 Å². The fraction of sp³-hybridized carbons (Fsp3) is 0.294. The molecule has 1 heterocycles. The Bertz CT molecular complexity index is 556. The molecule has 1 aliphatic rings. The summed E-state index contributed by atoms with van der Waals surface area (Å²) in [6.45, 7) is 0.746. The van der Waals surface area contributed by atoms with E-state index in [0.717, 1.165) is 12.2 Å². The van der Waals surface area contributed by atoms with Gasteiger partial charge in [0.1, 0.15) is 11.9 Å². The highest BCUT2D eigenvalue weighted by atomic mass is 16.5. The van der Waals surface area contributed by atoms with Crippen LogP contribution in [0.5, 0.6) is 5.75 Å². The van der Waals surface area contributed by atoms with Gasteiger partial charge in [-0.3, -0.25) is 0 Å². The minimum atomic E-state index is 0.0577. The molecule has 0 amide bonds. The van der Waals surface area contributed by atoms with Gasteiger partial charge >= 0.3 is 0 Å². The molecule has 0 aromatic heterocycles. The van der Waals surface area contributed by atoms with E-state index in [2.05, 4.69) is 23.5 Å². The predicted molar refractivity (Wildman–Crippen MR) is 78.7 cm³/mol. The van der Waals surface area contributed by atoms with Gasteiger partial charge in [0.2, 0.25) is 0 Å². The maximum absolute atomic E-state index is 9.03. The summed E-state index contributed by atoms with van der Waals surface area (Å²) >= 11 is 0. The lowest BCUT2D eigenvalue weighted by atomic mass is 9.93. The van der Waals surface area contributed by atoms with Crippen molar-refractivity contribution in [2.45, 2.75) is 18.6 Å². The van der Waals surface area contributed by atoms with Gasteiger partial charge in [0.05, 0.1) is 6.61 Å². The molecule has 0 spiro atoms. The Morgan fingerprint density at radius 2 is 1.80 bits per heavy atom. The number of benzene rings is 2. The smallest absolute Gasteiger partial charge is 0.126 e. The van der Waals surface area contributed by atoms with Gasteiger partial charge in [-0.2, -0.15) is 0 Å². The van der Waals surface area contributed by atoms with Crippen LogP contribution in [0.25, 0.3) is 0 Å². The minimum absolute atomic E-state index is 0.0577. The zero-order chi connectivity index (χ0) is 13.8. The summed E-state index contributed by atoms with van der Waals surface area (Å²) in [4.78, 5) is 0. The van der Waals surface area contributed by atoms with Crippen LogP contribution in [0.2, 0.25) is 0 Å². The Morgan fingerprint density at radius 3 is 2.60 bits per heavy atom. The van der Waals surface area contributed by atoms with E-state index in [1.807, 2.05) is 36.4 Å². The van der Waals surface area contributed by atoms with Crippen molar-refractivity contribution in [2.24, 2.45) is 0 Å². The third-order valence-electron chi connectivity index (χ3n) is 3.69. The molecular formula is C17H19NO2. The Kier molecular flexibility index (Phi) is 4.00. The highest BCUT2D eigenvalue weighted by molar-refractivity contribution is 5.39. The molecule has 0 bridgehead atoms. The number of hydrogen-bond donors (Lipinski definition) is 2. The van der Waals surface area contributed by atoms with Crippen molar-refractivity contribution < 1.29 is 9.84 Å². The second-order valence-corrected chi connectivity index (χ2v) is 5.02. The molecule has 3 rings (SSSR count). The number of nitrogens with one attached hydrogen (secondary N) is 1. The van der Waals surface area contributed by atoms with Crippen molar-refractivity contribution in [3.8, 4) is 5.75 Å². The van der Waals surface area contributed by atoms with Crippen molar-refractivity contribution in [3.05, 3.63) is 65.7 Å². The number of rotatable bonds is 4. The first-order valence-corrected chi connectivity index (χ1v) is 7.03. The largest absolute Gasteiger partial charge is 0.485 e. The Balaban J connectivity index is 1.88. The molecular weight excluding hydrogens is 250 g/mol. The third kappa shape index (κ3) is 2.69. The summed E-state index contributed by atoms with van der Waals surface area (Å²) in [5.41, 5.74) is 2.37. The van der Waals surface area contributed by atoms with E-state index in [9.17, 15) is 0 Å². The quantitative estimate of drug-likeness (QED) is 0.896. The molecule has 2 N–H and O–H groups in total. The maximum Gasteiger partial charge on any atom is 0.126 e. The van der Waals surface area contributed by atoms with Gasteiger partial charge < -0.3 is 15.2 Å². The fourth-order valence-corrected chi connectivity index (χ4v) is 2.72. The van der Waals surface area contributed by atoms with E-state index in [1.54, 1.807) is 0 Å². The first-order chi connectivity index (χ1) is 9.88. The fourth-order valence-electron chi connectivity index (χ4n) is 2.72. The number of para-hydroxylation sites is 1. The SMILES string of the molecule is OCCN[C@H]1C[C@H](c2ccccc2)Oc2ccccc21. The van der Waals surface area contributed by atoms with Crippen LogP contribution in [0.15, 0.2) is 54.6 Å². The topological polar surface area (TPSA) is 41.5 Å². The Hall–Kier alpha value is -1.84. The van der Waals surface area contributed by atoms with Crippen LogP contribution >= 0.6 is 0 Å². The van der Waals surface area contributed by atoms with Gasteiger partial charge in [0.25, 0.3) is 0 Å². The molecule has 0 aliphatic carbocycles. The van der Waals surface area contributed by atoms with Crippen LogP contribution in [-0.4, -0.2) is 18.3 Å². The van der Waals surface area contributed by atoms with Crippen LogP contribution in [0.3, 0.4) is 0 Å². The van der Waals surface area contributed by atoms with Crippen LogP contribution < -0.4 is 10.1 Å². The number of ether oxygens (including phenoxy) is 1. The average Bonchev–Trinajstić information content (AvgIpc) is 2.53. The number of fused-ring (bicyclic) bond motifs is 1. The van der Waals surface area contributed by atoms with Crippen LogP contribution in [0, 0.1) is 0 Å². The molecule has 3 nitrogen and oxygen atoms in total. The van der Waals surface area contributed by atoms with Crippen LogP contribution in [0.4, 0.5) is 0 Å². The predicted octanol–water partition coefficient (Wildman–Crippen LogP) is 2.83. The Labute approximate surface area is 119 Å². The molecule has 1 aliphatic heterocycles. The van der Waals surface area contributed by atoms with Crippen molar-refractivity contribution in [3.63, 3.8) is 0 Å². The van der Waals surface area contributed by atoms with Gasteiger partial charge in [0, 0.05) is 24.6 Å². The lowest BCUT2D eigenvalue weighted by molar-refractivity contribution is 0.148. The summed E-state index contributed by atoms with van der Waals surface area (Å²) in [7, 11) is 0. The maximum atomic E-state index is 9.03. The number of aliphatic hydroxyl groups is 1. The first kappa shape index (κ1) is 13.2. The van der Waals surface area contributed by atoms with E-state index in [1.165, 1.54) is 11.1 Å². The zero-order valence-corrected chi connectivity index (χ0v) is 11.3. The summed E-state index contributed by atoms with van der Waals surface area (Å²) in [5, 5.41) is 12.4. The van der Waals surface area contributed by atoms with E-state index >= 15 is 0 Å². The summed E-state index contributed by atoms with van der Waals surface area (Å²) < 4.78 is 6.13. The number of hydrogen-bond acceptors (Lipinski definition) is 3. The van der Waals surface area contributed by atoms with E-state index in [4.69, 9.17) is 9.84 Å². The molecule has 0 saturated carbocycles. The lowest BCUT2D eigenvalue weighted by Crippen LogP contribution is -2.30. The summed E-state index contributed by atoms with van der Waals surface area (Å²) in [5.74, 6) is 0.933. The van der Waals surface area contributed by atoms with Crippen molar-refractivity contribution in [1.29, 1.82) is 0 Å². The minimum Gasteiger partial charge on any atom is -0.485 e. The zero-order valence-electron chi connectivity index (χ0n) is 11.3. The second-order valence-electron chi connectivity index (χ2n) is 5.02. The van der Waals surface area contributed by atoms with Crippen molar-refractivity contribution in [1.82, 2.24) is 5.32 Å². The molecule has 2 aromatic carbocycles. The second kappa shape index (κ2) is 6.07. The van der Waals surface area contributed by atoms with Crippen molar-refractivity contribution in [2.75, 3.05) is 13.2 Å². The molecule has 20 heavy (non-hydrogen) atoms.